The van der Waals surface area contributed by atoms with Crippen LogP contribution in [0.25, 0.3) is 4.85 Å². The van der Waals surface area contributed by atoms with Crippen molar-refractivity contribution in [3.8, 4) is 11.5 Å². The standard InChI is InChI=1S/C18H10F5NO3/c1-24-9-4-8(19)5-10(6-9)27-13-3-2-11-15-14(13)12(25)7-16(15,26)18(22,23)17(11,20)21/h2-6,12,25-26H,7H2/t12-,16-/m1/s1. The van der Waals surface area contributed by atoms with Gasteiger partial charge < -0.3 is 14.9 Å². The monoisotopic (exact) mass is 383 g/mol. The van der Waals surface area contributed by atoms with Crippen molar-refractivity contribution in [3.63, 3.8) is 0 Å². The lowest BCUT2D eigenvalue weighted by atomic mass is 9.94. The normalized spacial score (nSPS) is 26.5. The Kier molecular flexibility index (Phi) is 3.40. The summed E-state index contributed by atoms with van der Waals surface area (Å²) in [6.07, 6.45) is -2.72. The van der Waals surface area contributed by atoms with Gasteiger partial charge in [0.25, 0.3) is 0 Å². The SMILES string of the molecule is [C-]#[N+]c1cc(F)cc(Oc2ccc3c4c2[C@H](O)C[C@]4(O)C(F)(F)C3(F)F)c1. The van der Waals surface area contributed by atoms with E-state index in [2.05, 4.69) is 4.85 Å². The largest absolute Gasteiger partial charge is 0.458 e. The van der Waals surface area contributed by atoms with Gasteiger partial charge in [-0.15, -0.1) is 0 Å². The average Bonchev–Trinajstić information content (AvgIpc) is 2.92. The van der Waals surface area contributed by atoms with Gasteiger partial charge in [-0.1, -0.05) is 0 Å². The number of halogens is 5. The second-order valence-corrected chi connectivity index (χ2v) is 6.49. The van der Waals surface area contributed by atoms with E-state index in [0.717, 1.165) is 24.3 Å². The smallest absolute Gasteiger partial charge is 0.346 e. The molecule has 0 heterocycles. The number of ether oxygens (including phenoxy) is 1. The summed E-state index contributed by atoms with van der Waals surface area (Å²) in [5.74, 6) is -10.7. The van der Waals surface area contributed by atoms with Gasteiger partial charge in [-0.25, -0.2) is 9.24 Å². The van der Waals surface area contributed by atoms with Gasteiger partial charge in [-0.3, -0.25) is 0 Å². The van der Waals surface area contributed by atoms with Crippen molar-refractivity contribution in [1.29, 1.82) is 0 Å². The first-order valence-electron chi connectivity index (χ1n) is 7.73. The topological polar surface area (TPSA) is 54.0 Å². The van der Waals surface area contributed by atoms with E-state index in [-0.39, 0.29) is 17.2 Å². The Balaban J connectivity index is 1.89. The Hall–Kier alpha value is -2.70. The molecule has 4 nitrogen and oxygen atoms in total. The predicted octanol–water partition coefficient (Wildman–Crippen LogP) is 4.53. The molecule has 0 spiro atoms. The van der Waals surface area contributed by atoms with Gasteiger partial charge in [-0.2, -0.15) is 17.6 Å². The highest BCUT2D eigenvalue weighted by atomic mass is 19.3. The third kappa shape index (κ3) is 2.08. The minimum absolute atomic E-state index is 0.0993. The van der Waals surface area contributed by atoms with Gasteiger partial charge in [0.2, 0.25) is 0 Å². The molecule has 2 aromatic rings. The average molecular weight is 383 g/mol. The van der Waals surface area contributed by atoms with Crippen LogP contribution in [0.2, 0.25) is 0 Å². The van der Waals surface area contributed by atoms with Crippen LogP contribution in [0.5, 0.6) is 11.5 Å². The van der Waals surface area contributed by atoms with Crippen molar-refractivity contribution >= 4 is 5.69 Å². The molecule has 2 N–H and O–H groups in total. The van der Waals surface area contributed by atoms with Gasteiger partial charge in [-0.05, 0) is 24.3 Å². The number of hydrogen-bond acceptors (Lipinski definition) is 3. The molecule has 0 bridgehead atoms. The first kappa shape index (κ1) is 17.7. The van der Waals surface area contributed by atoms with Crippen LogP contribution in [-0.2, 0) is 11.5 Å². The Bertz CT molecular complexity index is 1020. The van der Waals surface area contributed by atoms with Crippen LogP contribution >= 0.6 is 0 Å². The molecule has 27 heavy (non-hydrogen) atoms. The fraction of sp³-hybridized carbons (Fsp3) is 0.278. The lowest BCUT2D eigenvalue weighted by Crippen LogP contribution is -2.48. The Morgan fingerprint density at radius 2 is 1.85 bits per heavy atom. The zero-order chi connectivity index (χ0) is 19.8. The van der Waals surface area contributed by atoms with Gasteiger partial charge in [0.15, 0.2) is 11.3 Å². The van der Waals surface area contributed by atoms with Crippen molar-refractivity contribution in [2.24, 2.45) is 0 Å². The third-order valence-corrected chi connectivity index (χ3v) is 4.91. The van der Waals surface area contributed by atoms with Crippen LogP contribution in [-0.4, -0.2) is 16.1 Å². The molecule has 2 aromatic carbocycles. The van der Waals surface area contributed by atoms with E-state index < -0.39 is 52.5 Å². The third-order valence-electron chi connectivity index (χ3n) is 4.91. The molecule has 9 heteroatoms. The summed E-state index contributed by atoms with van der Waals surface area (Å²) in [4.78, 5) is 3.05. The Labute approximate surface area is 149 Å². The Morgan fingerprint density at radius 3 is 2.52 bits per heavy atom. The second kappa shape index (κ2) is 5.18. The van der Waals surface area contributed by atoms with Crippen LogP contribution in [0.15, 0.2) is 30.3 Å². The van der Waals surface area contributed by atoms with Crippen LogP contribution in [0.1, 0.15) is 29.2 Å². The highest BCUT2D eigenvalue weighted by Gasteiger charge is 2.78. The molecule has 140 valence electrons. The quantitative estimate of drug-likeness (QED) is 0.592. The summed E-state index contributed by atoms with van der Waals surface area (Å²) in [6, 6.07) is 4.64. The molecule has 0 saturated carbocycles. The summed E-state index contributed by atoms with van der Waals surface area (Å²) < 4.78 is 75.7. The van der Waals surface area contributed by atoms with E-state index in [4.69, 9.17) is 11.3 Å². The maximum atomic E-state index is 14.2. The van der Waals surface area contributed by atoms with E-state index in [1.165, 1.54) is 0 Å². The molecule has 0 saturated heterocycles. The van der Waals surface area contributed by atoms with Crippen LogP contribution < -0.4 is 4.74 Å². The van der Waals surface area contributed by atoms with E-state index in [1.54, 1.807) is 0 Å². The van der Waals surface area contributed by atoms with Crippen molar-refractivity contribution in [3.05, 3.63) is 64.3 Å². The molecule has 0 unspecified atom stereocenters. The van der Waals surface area contributed by atoms with Crippen molar-refractivity contribution in [2.75, 3.05) is 0 Å². The van der Waals surface area contributed by atoms with E-state index in [1.807, 2.05) is 0 Å². The van der Waals surface area contributed by atoms with Gasteiger partial charge in [0, 0.05) is 29.2 Å². The first-order valence-corrected chi connectivity index (χ1v) is 7.73. The first-order chi connectivity index (χ1) is 12.5. The maximum absolute atomic E-state index is 14.2. The number of benzene rings is 2. The molecular weight excluding hydrogens is 373 g/mol. The minimum Gasteiger partial charge on any atom is -0.458 e. The van der Waals surface area contributed by atoms with Crippen molar-refractivity contribution in [1.82, 2.24) is 0 Å². The summed E-state index contributed by atoms with van der Waals surface area (Å²) in [7, 11) is 0. The summed E-state index contributed by atoms with van der Waals surface area (Å²) in [5.41, 5.74) is -5.61. The minimum atomic E-state index is -4.82. The molecule has 0 radical (unpaired) electrons. The maximum Gasteiger partial charge on any atom is 0.346 e. The molecule has 0 aliphatic heterocycles. The number of aliphatic hydroxyl groups is 2. The molecule has 0 amide bonds. The van der Waals surface area contributed by atoms with Gasteiger partial charge in [0.1, 0.15) is 17.3 Å². The zero-order valence-electron chi connectivity index (χ0n) is 13.3. The molecule has 2 atom stereocenters. The fourth-order valence-corrected chi connectivity index (χ4v) is 3.72. The molecular formula is C18H10F5NO3. The van der Waals surface area contributed by atoms with Crippen molar-refractivity contribution in [2.45, 2.75) is 30.0 Å². The zero-order valence-corrected chi connectivity index (χ0v) is 13.3. The fourth-order valence-electron chi connectivity index (χ4n) is 3.72. The van der Waals surface area contributed by atoms with E-state index in [9.17, 15) is 32.2 Å². The number of alkyl halides is 4. The van der Waals surface area contributed by atoms with E-state index >= 15 is 0 Å². The lowest BCUT2D eigenvalue weighted by Gasteiger charge is -2.30. The van der Waals surface area contributed by atoms with Crippen LogP contribution in [0.3, 0.4) is 0 Å². The molecule has 4 rings (SSSR count). The van der Waals surface area contributed by atoms with Crippen LogP contribution in [0.4, 0.5) is 27.6 Å². The summed E-state index contributed by atoms with van der Waals surface area (Å²) in [6.45, 7) is 6.91. The number of nitrogens with zero attached hydrogens (tertiary/aromatic N) is 1. The highest BCUT2D eigenvalue weighted by Crippen LogP contribution is 2.68. The van der Waals surface area contributed by atoms with Crippen molar-refractivity contribution < 1.29 is 36.9 Å². The highest BCUT2D eigenvalue weighted by molar-refractivity contribution is 5.60. The van der Waals surface area contributed by atoms with E-state index in [0.29, 0.717) is 6.07 Å². The lowest BCUT2D eigenvalue weighted by molar-refractivity contribution is -0.289. The molecule has 2 aliphatic rings. The molecule has 2 aliphatic carbocycles. The number of rotatable bonds is 2. The van der Waals surface area contributed by atoms with Crippen LogP contribution in [0, 0.1) is 12.4 Å². The second-order valence-electron chi connectivity index (χ2n) is 6.49. The predicted molar refractivity (Wildman–Crippen MR) is 81.5 cm³/mol. The summed E-state index contributed by atoms with van der Waals surface area (Å²) >= 11 is 0. The van der Waals surface area contributed by atoms with Gasteiger partial charge >= 0.3 is 11.8 Å². The molecule has 0 fully saturated rings. The Morgan fingerprint density at radius 1 is 1.15 bits per heavy atom. The number of aliphatic hydroxyl groups excluding tert-OH is 1. The number of hydrogen-bond donors (Lipinski definition) is 2. The summed E-state index contributed by atoms with van der Waals surface area (Å²) in [5, 5.41) is 20.5. The molecule has 0 aromatic heterocycles. The van der Waals surface area contributed by atoms with Gasteiger partial charge in [0.05, 0.1) is 12.7 Å².